The molecule has 1 N–H and O–H groups in total. The van der Waals surface area contributed by atoms with Crippen molar-refractivity contribution in [1.82, 2.24) is 19.6 Å². The number of carbonyl (C=O) groups excluding carboxylic acids is 1. The number of nitrogens with zero attached hydrogens (tertiary/aromatic N) is 3. The van der Waals surface area contributed by atoms with E-state index in [4.69, 9.17) is 0 Å². The lowest BCUT2D eigenvalue weighted by molar-refractivity contribution is 0.0653. The fourth-order valence-corrected chi connectivity index (χ4v) is 2.94. The van der Waals surface area contributed by atoms with Gasteiger partial charge in [-0.15, -0.1) is 23.7 Å². The SMILES string of the molecule is C[C@@H]1CNCCN1C(=O)c1cnc2sccn2c1=O.Cl. The minimum absolute atomic E-state index is 0. The number of halogens is 1. The standard InChI is InChI=1S/C12H14N4O2S.ClH/c1-8-6-13-2-3-15(8)10(17)9-7-14-12-16(11(9)18)4-5-19-12;/h4-5,7-8,13H,2-3,6H2,1H3;1H/t8-;/m1./s1. The van der Waals surface area contributed by atoms with Crippen molar-refractivity contribution < 1.29 is 4.79 Å². The van der Waals surface area contributed by atoms with Gasteiger partial charge in [0, 0.05) is 43.4 Å². The predicted molar refractivity (Wildman–Crippen MR) is 80.0 cm³/mol. The Morgan fingerprint density at radius 2 is 2.35 bits per heavy atom. The zero-order chi connectivity index (χ0) is 13.4. The highest BCUT2D eigenvalue weighted by atomic mass is 35.5. The minimum atomic E-state index is -0.290. The van der Waals surface area contributed by atoms with Crippen molar-refractivity contribution >= 4 is 34.6 Å². The molecule has 20 heavy (non-hydrogen) atoms. The number of carbonyl (C=O) groups is 1. The fourth-order valence-electron chi connectivity index (χ4n) is 2.27. The quantitative estimate of drug-likeness (QED) is 0.837. The summed E-state index contributed by atoms with van der Waals surface area (Å²) in [7, 11) is 0. The van der Waals surface area contributed by atoms with Crippen molar-refractivity contribution in [2.75, 3.05) is 19.6 Å². The Morgan fingerprint density at radius 1 is 1.55 bits per heavy atom. The summed E-state index contributed by atoms with van der Waals surface area (Å²) in [6.45, 7) is 4.09. The maximum absolute atomic E-state index is 12.4. The molecule has 8 heteroatoms. The van der Waals surface area contributed by atoms with Crippen molar-refractivity contribution in [3.05, 3.63) is 33.7 Å². The molecule has 2 aromatic heterocycles. The van der Waals surface area contributed by atoms with Gasteiger partial charge in [-0.3, -0.25) is 14.0 Å². The predicted octanol–water partition coefficient (Wildman–Crippen LogP) is 0.612. The van der Waals surface area contributed by atoms with Gasteiger partial charge in [-0.05, 0) is 6.92 Å². The molecule has 0 unspecified atom stereocenters. The Bertz CT molecular complexity index is 683. The number of hydrogen-bond donors (Lipinski definition) is 1. The third-order valence-corrected chi connectivity index (χ3v) is 4.11. The van der Waals surface area contributed by atoms with Gasteiger partial charge in [0.15, 0.2) is 4.96 Å². The number of fused-ring (bicyclic) bond motifs is 1. The second-order valence-corrected chi connectivity index (χ2v) is 5.46. The van der Waals surface area contributed by atoms with Crippen molar-refractivity contribution in [3.63, 3.8) is 0 Å². The summed E-state index contributed by atoms with van der Waals surface area (Å²) in [5.74, 6) is -0.230. The molecule has 0 bridgehead atoms. The number of aromatic nitrogens is 2. The second kappa shape index (κ2) is 5.90. The van der Waals surface area contributed by atoms with E-state index >= 15 is 0 Å². The van der Waals surface area contributed by atoms with Crippen LogP contribution in [0.5, 0.6) is 0 Å². The van der Waals surface area contributed by atoms with E-state index in [0.29, 0.717) is 11.5 Å². The molecule has 1 saturated heterocycles. The van der Waals surface area contributed by atoms with Gasteiger partial charge in [-0.2, -0.15) is 0 Å². The van der Waals surface area contributed by atoms with Crippen LogP contribution < -0.4 is 10.9 Å². The molecule has 1 fully saturated rings. The molecule has 108 valence electrons. The number of nitrogens with one attached hydrogen (secondary N) is 1. The van der Waals surface area contributed by atoms with E-state index < -0.39 is 0 Å². The summed E-state index contributed by atoms with van der Waals surface area (Å²) in [6, 6.07) is 0.0869. The number of thiazole rings is 1. The van der Waals surface area contributed by atoms with Crippen LogP contribution in [-0.4, -0.2) is 45.9 Å². The molecule has 3 rings (SSSR count). The summed E-state index contributed by atoms with van der Waals surface area (Å²) in [5.41, 5.74) is -0.147. The van der Waals surface area contributed by atoms with Gasteiger partial charge in [-0.25, -0.2) is 4.98 Å². The van der Waals surface area contributed by atoms with Crippen molar-refractivity contribution in [2.24, 2.45) is 0 Å². The van der Waals surface area contributed by atoms with Gasteiger partial charge < -0.3 is 10.2 Å². The topological polar surface area (TPSA) is 66.7 Å². The van der Waals surface area contributed by atoms with E-state index in [1.165, 1.54) is 21.9 Å². The van der Waals surface area contributed by atoms with E-state index in [2.05, 4.69) is 10.3 Å². The van der Waals surface area contributed by atoms with Crippen molar-refractivity contribution in [1.29, 1.82) is 0 Å². The third-order valence-electron chi connectivity index (χ3n) is 3.34. The first kappa shape index (κ1) is 15.0. The lowest BCUT2D eigenvalue weighted by atomic mass is 10.2. The van der Waals surface area contributed by atoms with Crippen molar-refractivity contribution in [2.45, 2.75) is 13.0 Å². The van der Waals surface area contributed by atoms with Gasteiger partial charge in [-0.1, -0.05) is 0 Å². The molecule has 1 atom stereocenters. The Labute approximate surface area is 125 Å². The summed E-state index contributed by atoms with van der Waals surface area (Å²) in [6.07, 6.45) is 3.04. The lowest BCUT2D eigenvalue weighted by Gasteiger charge is -2.33. The molecule has 1 aliphatic heterocycles. The monoisotopic (exact) mass is 314 g/mol. The Hall–Kier alpha value is -1.44. The summed E-state index contributed by atoms with van der Waals surface area (Å²) in [5, 5.41) is 5.00. The number of amides is 1. The average Bonchev–Trinajstić information content (AvgIpc) is 2.88. The zero-order valence-electron chi connectivity index (χ0n) is 10.9. The van der Waals surface area contributed by atoms with Crippen LogP contribution >= 0.6 is 23.7 Å². The molecule has 0 spiro atoms. The zero-order valence-corrected chi connectivity index (χ0v) is 12.5. The van der Waals surface area contributed by atoms with Gasteiger partial charge in [0.25, 0.3) is 11.5 Å². The fraction of sp³-hybridized carbons (Fsp3) is 0.417. The summed E-state index contributed by atoms with van der Waals surface area (Å²) >= 11 is 1.37. The van der Waals surface area contributed by atoms with Crippen LogP contribution in [-0.2, 0) is 0 Å². The molecule has 0 aliphatic carbocycles. The lowest BCUT2D eigenvalue weighted by Crippen LogP contribution is -2.53. The van der Waals surface area contributed by atoms with Gasteiger partial charge >= 0.3 is 0 Å². The Morgan fingerprint density at radius 3 is 3.10 bits per heavy atom. The van der Waals surface area contributed by atoms with Crippen LogP contribution in [0.2, 0.25) is 0 Å². The normalized spacial score (nSPS) is 18.9. The van der Waals surface area contributed by atoms with Crippen LogP contribution in [0.25, 0.3) is 4.96 Å². The van der Waals surface area contributed by atoms with Gasteiger partial charge in [0.1, 0.15) is 5.56 Å². The van der Waals surface area contributed by atoms with Crippen LogP contribution in [0, 0.1) is 0 Å². The second-order valence-electron chi connectivity index (χ2n) is 4.58. The number of rotatable bonds is 1. The highest BCUT2D eigenvalue weighted by molar-refractivity contribution is 7.15. The van der Waals surface area contributed by atoms with Gasteiger partial charge in [0.2, 0.25) is 0 Å². The largest absolute Gasteiger partial charge is 0.333 e. The maximum atomic E-state index is 12.4. The van der Waals surface area contributed by atoms with Crippen LogP contribution in [0.1, 0.15) is 17.3 Å². The molecule has 0 aromatic carbocycles. The highest BCUT2D eigenvalue weighted by Crippen LogP contribution is 2.10. The highest BCUT2D eigenvalue weighted by Gasteiger charge is 2.26. The molecule has 0 radical (unpaired) electrons. The minimum Gasteiger partial charge on any atom is -0.333 e. The van der Waals surface area contributed by atoms with E-state index in [0.717, 1.165) is 13.1 Å². The third kappa shape index (κ3) is 2.44. The molecule has 6 nitrogen and oxygen atoms in total. The first-order valence-electron chi connectivity index (χ1n) is 6.15. The van der Waals surface area contributed by atoms with Crippen LogP contribution in [0.15, 0.2) is 22.6 Å². The Kier molecular flexibility index (Phi) is 4.42. The first-order chi connectivity index (χ1) is 9.18. The maximum Gasteiger partial charge on any atom is 0.271 e. The molecular formula is C12H15ClN4O2S. The van der Waals surface area contributed by atoms with Crippen LogP contribution in [0.4, 0.5) is 0 Å². The van der Waals surface area contributed by atoms with Crippen LogP contribution in [0.3, 0.4) is 0 Å². The van der Waals surface area contributed by atoms with E-state index in [1.54, 1.807) is 16.5 Å². The summed E-state index contributed by atoms with van der Waals surface area (Å²) in [4.78, 5) is 31.2. The van der Waals surface area contributed by atoms with E-state index in [-0.39, 0.29) is 35.5 Å². The first-order valence-corrected chi connectivity index (χ1v) is 7.03. The molecular weight excluding hydrogens is 300 g/mol. The molecule has 1 amide bonds. The smallest absolute Gasteiger partial charge is 0.271 e. The van der Waals surface area contributed by atoms with Crippen molar-refractivity contribution in [3.8, 4) is 0 Å². The van der Waals surface area contributed by atoms with Gasteiger partial charge in [0.05, 0.1) is 0 Å². The molecule has 2 aromatic rings. The molecule has 1 aliphatic rings. The van der Waals surface area contributed by atoms with E-state index in [9.17, 15) is 9.59 Å². The number of hydrogen-bond acceptors (Lipinski definition) is 5. The Balaban J connectivity index is 0.00000147. The number of piperazine rings is 1. The molecule has 0 saturated carbocycles. The summed E-state index contributed by atoms with van der Waals surface area (Å²) < 4.78 is 1.42. The van der Waals surface area contributed by atoms with E-state index in [1.807, 2.05) is 6.92 Å². The average molecular weight is 315 g/mol. The molecule has 3 heterocycles.